The maximum Gasteiger partial charge on any atom is 0.258 e. The summed E-state index contributed by atoms with van der Waals surface area (Å²) in [4.78, 5) is 11.7. The van der Waals surface area contributed by atoms with Gasteiger partial charge in [-0.15, -0.1) is 0 Å². The first-order valence-corrected chi connectivity index (χ1v) is 7.67. The van der Waals surface area contributed by atoms with Crippen LogP contribution in [-0.4, -0.2) is 24.2 Å². The highest BCUT2D eigenvalue weighted by Crippen LogP contribution is 2.19. The van der Waals surface area contributed by atoms with Gasteiger partial charge < -0.3 is 15.2 Å². The second kappa shape index (κ2) is 7.24. The van der Waals surface area contributed by atoms with Gasteiger partial charge in [0.1, 0.15) is 5.75 Å². The van der Waals surface area contributed by atoms with Crippen LogP contribution in [0.15, 0.2) is 35.0 Å². The summed E-state index contributed by atoms with van der Waals surface area (Å²) >= 11 is 1.52. The van der Waals surface area contributed by atoms with Gasteiger partial charge in [-0.1, -0.05) is 12.1 Å². The van der Waals surface area contributed by atoms with Gasteiger partial charge in [0.05, 0.1) is 6.10 Å². The number of aliphatic hydroxyl groups excluding tert-OH is 1. The molecule has 2 aromatic rings. The third-order valence-electron chi connectivity index (χ3n) is 3.12. The Hall–Kier alpha value is -1.85. The van der Waals surface area contributed by atoms with Crippen molar-refractivity contribution >= 4 is 17.2 Å². The van der Waals surface area contributed by atoms with E-state index in [0.717, 1.165) is 16.7 Å². The minimum Gasteiger partial charge on any atom is -0.483 e. The quantitative estimate of drug-likeness (QED) is 0.862. The summed E-state index contributed by atoms with van der Waals surface area (Å²) < 4.78 is 5.51. The van der Waals surface area contributed by atoms with Crippen molar-refractivity contribution in [3.63, 3.8) is 0 Å². The fourth-order valence-corrected chi connectivity index (χ4v) is 2.56. The summed E-state index contributed by atoms with van der Waals surface area (Å²) in [5.41, 5.74) is 2.89. The Balaban J connectivity index is 1.78. The summed E-state index contributed by atoms with van der Waals surface area (Å²) in [7, 11) is 0. The molecule has 1 atom stereocenters. The number of aryl methyl sites for hydroxylation is 2. The molecule has 1 aromatic carbocycles. The van der Waals surface area contributed by atoms with Gasteiger partial charge in [0, 0.05) is 6.54 Å². The summed E-state index contributed by atoms with van der Waals surface area (Å²) in [5, 5.41) is 16.3. The van der Waals surface area contributed by atoms with Crippen LogP contribution in [0.25, 0.3) is 0 Å². The van der Waals surface area contributed by atoms with E-state index in [0.29, 0.717) is 5.75 Å². The van der Waals surface area contributed by atoms with E-state index in [-0.39, 0.29) is 19.1 Å². The van der Waals surface area contributed by atoms with E-state index in [2.05, 4.69) is 5.32 Å². The third kappa shape index (κ3) is 4.58. The molecule has 0 aliphatic heterocycles. The van der Waals surface area contributed by atoms with Crippen molar-refractivity contribution in [1.29, 1.82) is 0 Å². The molecule has 2 rings (SSSR count). The Morgan fingerprint density at radius 3 is 2.90 bits per heavy atom. The molecule has 5 heteroatoms. The van der Waals surface area contributed by atoms with E-state index in [1.54, 1.807) is 0 Å². The van der Waals surface area contributed by atoms with Crippen LogP contribution in [0, 0.1) is 13.8 Å². The molecule has 1 aromatic heterocycles. The molecular formula is C16H19NO3S. The van der Waals surface area contributed by atoms with E-state index in [1.165, 1.54) is 11.3 Å². The number of thiophene rings is 1. The largest absolute Gasteiger partial charge is 0.483 e. The van der Waals surface area contributed by atoms with Crippen molar-refractivity contribution in [2.24, 2.45) is 0 Å². The van der Waals surface area contributed by atoms with Gasteiger partial charge in [-0.2, -0.15) is 11.3 Å². The molecule has 0 saturated heterocycles. The fourth-order valence-electron chi connectivity index (χ4n) is 1.85. The summed E-state index contributed by atoms with van der Waals surface area (Å²) in [6, 6.07) is 7.71. The summed E-state index contributed by atoms with van der Waals surface area (Å²) in [6.07, 6.45) is -0.680. The first kappa shape index (κ1) is 15.5. The number of carbonyl (C=O) groups excluding carboxylic acids is 1. The molecule has 0 bridgehead atoms. The van der Waals surface area contributed by atoms with Gasteiger partial charge in [-0.25, -0.2) is 0 Å². The van der Waals surface area contributed by atoms with E-state index < -0.39 is 6.10 Å². The van der Waals surface area contributed by atoms with Crippen molar-refractivity contribution in [2.45, 2.75) is 20.0 Å². The molecule has 0 fully saturated rings. The average molecular weight is 305 g/mol. The number of rotatable bonds is 6. The van der Waals surface area contributed by atoms with E-state index in [4.69, 9.17) is 4.74 Å². The zero-order valence-corrected chi connectivity index (χ0v) is 12.9. The molecule has 0 aliphatic rings. The van der Waals surface area contributed by atoms with Gasteiger partial charge in [-0.05, 0) is 53.4 Å². The zero-order chi connectivity index (χ0) is 15.2. The molecule has 0 radical (unpaired) electrons. The maximum atomic E-state index is 11.7. The van der Waals surface area contributed by atoms with Crippen molar-refractivity contribution < 1.29 is 14.6 Å². The summed E-state index contributed by atoms with van der Waals surface area (Å²) in [5.74, 6) is 0.466. The van der Waals surface area contributed by atoms with Gasteiger partial charge in [0.15, 0.2) is 6.61 Å². The van der Waals surface area contributed by atoms with Crippen LogP contribution >= 0.6 is 11.3 Å². The maximum absolute atomic E-state index is 11.7. The third-order valence-corrected chi connectivity index (χ3v) is 3.82. The molecule has 1 unspecified atom stereocenters. The Morgan fingerprint density at radius 2 is 2.19 bits per heavy atom. The Morgan fingerprint density at radius 1 is 1.38 bits per heavy atom. The number of hydrogen-bond acceptors (Lipinski definition) is 4. The first-order valence-electron chi connectivity index (χ1n) is 6.73. The smallest absolute Gasteiger partial charge is 0.258 e. The lowest BCUT2D eigenvalue weighted by Gasteiger charge is -2.12. The standard InChI is InChI=1S/C16H19NO3S/c1-11-3-4-12(2)15(7-11)20-9-16(19)17-8-14(18)13-5-6-21-10-13/h3-7,10,14,18H,8-9H2,1-2H3,(H,17,19). The highest BCUT2D eigenvalue weighted by atomic mass is 32.1. The molecule has 0 spiro atoms. The number of hydrogen-bond donors (Lipinski definition) is 2. The van der Waals surface area contributed by atoms with Crippen molar-refractivity contribution in [3.05, 3.63) is 51.7 Å². The first-order chi connectivity index (χ1) is 10.1. The second-order valence-corrected chi connectivity index (χ2v) is 5.71. The van der Waals surface area contributed by atoms with Crippen LogP contribution in [-0.2, 0) is 4.79 Å². The highest BCUT2D eigenvalue weighted by Gasteiger charge is 2.10. The Bertz CT molecular complexity index is 596. The highest BCUT2D eigenvalue weighted by molar-refractivity contribution is 7.07. The van der Waals surface area contributed by atoms with Gasteiger partial charge in [0.2, 0.25) is 0 Å². The minimum absolute atomic E-state index is 0.0549. The average Bonchev–Trinajstić information content (AvgIpc) is 3.00. The van der Waals surface area contributed by atoms with Gasteiger partial charge in [0.25, 0.3) is 5.91 Å². The van der Waals surface area contributed by atoms with Crippen LogP contribution < -0.4 is 10.1 Å². The fraction of sp³-hybridized carbons (Fsp3) is 0.312. The normalized spacial score (nSPS) is 12.0. The van der Waals surface area contributed by atoms with Crippen molar-refractivity contribution in [1.82, 2.24) is 5.32 Å². The molecule has 0 saturated carbocycles. The van der Waals surface area contributed by atoms with Crippen LogP contribution in [0.1, 0.15) is 22.8 Å². The van der Waals surface area contributed by atoms with Crippen LogP contribution in [0.3, 0.4) is 0 Å². The zero-order valence-electron chi connectivity index (χ0n) is 12.1. The number of aliphatic hydroxyl groups is 1. The van der Waals surface area contributed by atoms with Crippen LogP contribution in [0.2, 0.25) is 0 Å². The molecule has 1 heterocycles. The van der Waals surface area contributed by atoms with Crippen LogP contribution in [0.4, 0.5) is 0 Å². The minimum atomic E-state index is -0.680. The topological polar surface area (TPSA) is 58.6 Å². The molecule has 112 valence electrons. The van der Waals surface area contributed by atoms with Crippen molar-refractivity contribution in [3.8, 4) is 5.75 Å². The molecule has 4 nitrogen and oxygen atoms in total. The number of nitrogens with one attached hydrogen (secondary N) is 1. The number of amides is 1. The lowest BCUT2D eigenvalue weighted by Crippen LogP contribution is -2.32. The lowest BCUT2D eigenvalue weighted by atomic mass is 10.1. The molecular weight excluding hydrogens is 286 g/mol. The van der Waals surface area contributed by atoms with Crippen molar-refractivity contribution in [2.75, 3.05) is 13.2 Å². The van der Waals surface area contributed by atoms with E-state index in [9.17, 15) is 9.90 Å². The van der Waals surface area contributed by atoms with E-state index in [1.807, 2.05) is 48.9 Å². The summed E-state index contributed by atoms with van der Waals surface area (Å²) in [6.45, 7) is 4.04. The predicted molar refractivity (Wildman–Crippen MR) is 83.7 cm³/mol. The van der Waals surface area contributed by atoms with E-state index >= 15 is 0 Å². The Kier molecular flexibility index (Phi) is 5.36. The predicted octanol–water partition coefficient (Wildman–Crippen LogP) is 2.59. The second-order valence-electron chi connectivity index (χ2n) is 4.93. The van der Waals surface area contributed by atoms with Gasteiger partial charge in [-0.3, -0.25) is 4.79 Å². The lowest BCUT2D eigenvalue weighted by molar-refractivity contribution is -0.123. The molecule has 2 N–H and O–H groups in total. The molecule has 0 aliphatic carbocycles. The number of ether oxygens (including phenoxy) is 1. The number of carbonyl (C=O) groups is 1. The van der Waals surface area contributed by atoms with Gasteiger partial charge >= 0.3 is 0 Å². The molecule has 21 heavy (non-hydrogen) atoms. The monoisotopic (exact) mass is 305 g/mol. The Labute approximate surface area is 128 Å². The SMILES string of the molecule is Cc1ccc(C)c(OCC(=O)NCC(O)c2ccsc2)c1. The van der Waals surface area contributed by atoms with Crippen LogP contribution in [0.5, 0.6) is 5.75 Å². The molecule has 1 amide bonds. The number of benzene rings is 1.